The number of benzene rings is 2. The molecule has 0 fully saturated rings. The molecule has 2 amide bonds. The first-order valence-corrected chi connectivity index (χ1v) is 13.1. The van der Waals surface area contributed by atoms with Crippen molar-refractivity contribution < 1.29 is 9.59 Å². The molecule has 1 aliphatic rings. The summed E-state index contributed by atoms with van der Waals surface area (Å²) in [7, 11) is 0. The lowest BCUT2D eigenvalue weighted by Gasteiger charge is -2.18. The Bertz CT molecular complexity index is 1560. The van der Waals surface area contributed by atoms with Gasteiger partial charge in [-0.15, -0.1) is 0 Å². The van der Waals surface area contributed by atoms with Gasteiger partial charge in [-0.3, -0.25) is 14.6 Å². The highest BCUT2D eigenvalue weighted by Gasteiger charge is 2.26. The number of hydrogen-bond acceptors (Lipinski definition) is 4. The van der Waals surface area contributed by atoms with E-state index in [0.29, 0.717) is 17.7 Å². The molecule has 38 heavy (non-hydrogen) atoms. The van der Waals surface area contributed by atoms with E-state index in [4.69, 9.17) is 0 Å². The van der Waals surface area contributed by atoms with Gasteiger partial charge in [-0.25, -0.2) is 0 Å². The predicted molar refractivity (Wildman–Crippen MR) is 154 cm³/mol. The normalized spacial score (nSPS) is 13.8. The number of likely N-dealkylation sites (N-methyl/N-ethyl adjacent to an activating group) is 1. The topological polar surface area (TPSA) is 90.1 Å². The van der Waals surface area contributed by atoms with E-state index in [-0.39, 0.29) is 11.8 Å². The second-order valence-electron chi connectivity index (χ2n) is 9.60. The zero-order chi connectivity index (χ0) is 26.8. The number of nitrogens with one attached hydrogen (secondary N) is 3. The number of pyridine rings is 1. The van der Waals surface area contributed by atoms with E-state index in [1.807, 2.05) is 62.5 Å². The van der Waals surface area contributed by atoms with Crippen LogP contribution in [0.1, 0.15) is 46.7 Å². The van der Waals surface area contributed by atoms with Gasteiger partial charge in [-0.05, 0) is 62.2 Å². The summed E-state index contributed by atoms with van der Waals surface area (Å²) in [5.74, 6) is -0.270. The summed E-state index contributed by atoms with van der Waals surface area (Å²) in [5.41, 5.74) is 6.94. The molecule has 0 saturated carbocycles. The number of aromatic amines is 1. The summed E-state index contributed by atoms with van der Waals surface area (Å²) >= 11 is 0. The number of fused-ring (bicyclic) bond motifs is 2. The van der Waals surface area contributed by atoms with Gasteiger partial charge in [-0.1, -0.05) is 44.2 Å². The van der Waals surface area contributed by atoms with Crippen LogP contribution in [0.15, 0.2) is 54.7 Å². The molecule has 3 heterocycles. The highest BCUT2D eigenvalue weighted by molar-refractivity contribution is 6.35. The van der Waals surface area contributed by atoms with Gasteiger partial charge >= 0.3 is 0 Å². The van der Waals surface area contributed by atoms with Crippen molar-refractivity contribution in [3.05, 3.63) is 82.8 Å². The quantitative estimate of drug-likeness (QED) is 0.278. The number of anilines is 1. The summed E-state index contributed by atoms with van der Waals surface area (Å²) < 4.78 is 0. The minimum absolute atomic E-state index is 0.103. The highest BCUT2D eigenvalue weighted by atomic mass is 16.2. The number of carbonyl (C=O) groups excluding carboxylic acids is 2. The molecule has 0 radical (unpaired) electrons. The number of H-pyrrole nitrogens is 1. The fourth-order valence-corrected chi connectivity index (χ4v) is 5.19. The lowest BCUT2D eigenvalue weighted by atomic mass is 9.98. The smallest absolute Gasteiger partial charge is 0.256 e. The molecule has 5 rings (SSSR count). The minimum Gasteiger partial charge on any atom is -0.358 e. The summed E-state index contributed by atoms with van der Waals surface area (Å²) in [6, 6.07) is 16.1. The molecule has 0 unspecified atom stereocenters. The lowest BCUT2D eigenvalue weighted by Crippen LogP contribution is -2.35. The van der Waals surface area contributed by atoms with Gasteiger partial charge in [0.15, 0.2) is 0 Å². The van der Waals surface area contributed by atoms with Gasteiger partial charge in [0, 0.05) is 52.9 Å². The third-order valence-electron chi connectivity index (χ3n) is 7.35. The third kappa shape index (κ3) is 4.73. The van der Waals surface area contributed by atoms with Gasteiger partial charge < -0.3 is 20.5 Å². The monoisotopic (exact) mass is 507 g/mol. The molecule has 2 aromatic heterocycles. The van der Waals surface area contributed by atoms with Gasteiger partial charge in [0.2, 0.25) is 0 Å². The minimum atomic E-state index is -0.167. The standard InChI is InChI=1S/C31H33N5O2/c1-5-36(6-2)16-15-33-31(38)28-19(3)27(34-20(28)4)18-25-24-17-22(11-12-26(24)35-30(25)37)29-23-10-8-7-9-21(23)13-14-32-29/h7-14,17-18,34H,5-6,15-16H2,1-4H3,(H,33,38)(H,35,37)/b25-18-. The lowest BCUT2D eigenvalue weighted by molar-refractivity contribution is -0.110. The molecule has 0 atom stereocenters. The molecule has 2 aromatic carbocycles. The average Bonchev–Trinajstić information content (AvgIpc) is 3.39. The Labute approximate surface area is 223 Å². The molecular formula is C31H33N5O2. The molecule has 3 N–H and O–H groups in total. The number of amides is 2. The zero-order valence-electron chi connectivity index (χ0n) is 22.3. The number of carbonyl (C=O) groups is 2. The van der Waals surface area contributed by atoms with Crippen LogP contribution in [0.4, 0.5) is 5.69 Å². The van der Waals surface area contributed by atoms with Crippen LogP contribution in [-0.4, -0.2) is 52.9 Å². The number of nitrogens with zero attached hydrogens (tertiary/aromatic N) is 2. The first-order chi connectivity index (χ1) is 18.4. The van der Waals surface area contributed by atoms with Crippen molar-refractivity contribution in [2.45, 2.75) is 27.7 Å². The number of rotatable bonds is 8. The molecule has 0 saturated heterocycles. The van der Waals surface area contributed by atoms with Crippen molar-refractivity contribution in [2.24, 2.45) is 0 Å². The predicted octanol–water partition coefficient (Wildman–Crippen LogP) is 5.41. The molecule has 0 spiro atoms. The SMILES string of the molecule is CCN(CC)CCNC(=O)c1c(C)[nH]c(/C=C2\C(=O)Nc3ccc(-c4nccc5ccccc45)cc32)c1C. The summed E-state index contributed by atoms with van der Waals surface area (Å²) in [5, 5.41) is 8.19. The van der Waals surface area contributed by atoms with Gasteiger partial charge in [-0.2, -0.15) is 0 Å². The average molecular weight is 508 g/mol. The molecule has 0 aliphatic carbocycles. The van der Waals surface area contributed by atoms with Crippen LogP contribution in [0.2, 0.25) is 0 Å². The van der Waals surface area contributed by atoms with Crippen molar-refractivity contribution >= 4 is 39.9 Å². The van der Waals surface area contributed by atoms with E-state index < -0.39 is 0 Å². The second-order valence-corrected chi connectivity index (χ2v) is 9.60. The maximum absolute atomic E-state index is 13.0. The van der Waals surface area contributed by atoms with Crippen molar-refractivity contribution in [2.75, 3.05) is 31.5 Å². The van der Waals surface area contributed by atoms with E-state index in [9.17, 15) is 9.59 Å². The summed E-state index contributed by atoms with van der Waals surface area (Å²) in [6.07, 6.45) is 3.65. The number of aromatic nitrogens is 2. The first kappa shape index (κ1) is 25.4. The first-order valence-electron chi connectivity index (χ1n) is 13.1. The van der Waals surface area contributed by atoms with Crippen molar-refractivity contribution in [3.63, 3.8) is 0 Å². The van der Waals surface area contributed by atoms with Crippen molar-refractivity contribution in [1.29, 1.82) is 0 Å². The second kappa shape index (κ2) is 10.6. The van der Waals surface area contributed by atoms with Gasteiger partial charge in [0.05, 0.1) is 16.8 Å². The molecule has 0 bridgehead atoms. The Morgan fingerprint density at radius 1 is 1.08 bits per heavy atom. The van der Waals surface area contributed by atoms with E-state index in [1.165, 1.54) is 0 Å². The molecular weight excluding hydrogens is 474 g/mol. The van der Waals surface area contributed by atoms with E-state index in [1.54, 1.807) is 0 Å². The van der Waals surface area contributed by atoms with Crippen LogP contribution < -0.4 is 10.6 Å². The van der Waals surface area contributed by atoms with E-state index >= 15 is 0 Å². The summed E-state index contributed by atoms with van der Waals surface area (Å²) in [6.45, 7) is 11.3. The Kier molecular flexibility index (Phi) is 7.11. The molecule has 4 aromatic rings. The van der Waals surface area contributed by atoms with Crippen LogP contribution >= 0.6 is 0 Å². The van der Waals surface area contributed by atoms with Crippen LogP contribution in [0.5, 0.6) is 0 Å². The fourth-order valence-electron chi connectivity index (χ4n) is 5.19. The Morgan fingerprint density at radius 3 is 2.66 bits per heavy atom. The molecule has 1 aliphatic heterocycles. The Hall–Kier alpha value is -4.23. The largest absolute Gasteiger partial charge is 0.358 e. The van der Waals surface area contributed by atoms with Crippen LogP contribution in [0.25, 0.3) is 33.7 Å². The highest BCUT2D eigenvalue weighted by Crippen LogP contribution is 2.37. The van der Waals surface area contributed by atoms with Crippen molar-refractivity contribution in [1.82, 2.24) is 20.2 Å². The maximum Gasteiger partial charge on any atom is 0.256 e. The fraction of sp³-hybridized carbons (Fsp3) is 0.258. The Balaban J connectivity index is 1.46. The van der Waals surface area contributed by atoms with Gasteiger partial charge in [0.25, 0.3) is 11.8 Å². The van der Waals surface area contributed by atoms with Crippen molar-refractivity contribution in [3.8, 4) is 11.3 Å². The van der Waals surface area contributed by atoms with E-state index in [0.717, 1.165) is 69.9 Å². The van der Waals surface area contributed by atoms with Crippen LogP contribution in [-0.2, 0) is 4.79 Å². The maximum atomic E-state index is 13.0. The zero-order valence-corrected chi connectivity index (χ0v) is 22.3. The number of hydrogen-bond donors (Lipinski definition) is 3. The third-order valence-corrected chi connectivity index (χ3v) is 7.35. The molecule has 194 valence electrons. The Morgan fingerprint density at radius 2 is 1.87 bits per heavy atom. The molecule has 7 heteroatoms. The van der Waals surface area contributed by atoms with Gasteiger partial charge in [0.1, 0.15) is 0 Å². The van der Waals surface area contributed by atoms with Crippen LogP contribution in [0.3, 0.4) is 0 Å². The summed E-state index contributed by atoms with van der Waals surface area (Å²) in [4.78, 5) is 36.3. The number of aryl methyl sites for hydroxylation is 1. The van der Waals surface area contributed by atoms with Crippen LogP contribution in [0, 0.1) is 13.8 Å². The van der Waals surface area contributed by atoms with E-state index in [2.05, 4.69) is 51.5 Å². The molecule has 7 nitrogen and oxygen atoms in total.